The van der Waals surface area contributed by atoms with Crippen molar-refractivity contribution in [3.63, 3.8) is 0 Å². The van der Waals surface area contributed by atoms with Gasteiger partial charge in [-0.1, -0.05) is 31.2 Å². The van der Waals surface area contributed by atoms with Crippen LogP contribution in [-0.2, 0) is 18.2 Å². The number of nitrogens with zero attached hydrogens (tertiary/aromatic N) is 2. The molecule has 1 unspecified atom stereocenters. The Morgan fingerprint density at radius 3 is 2.50 bits per heavy atom. The summed E-state index contributed by atoms with van der Waals surface area (Å²) in [4.78, 5) is 0. The van der Waals surface area contributed by atoms with Gasteiger partial charge in [-0.2, -0.15) is 5.10 Å². The number of benzene rings is 1. The molecule has 0 spiro atoms. The van der Waals surface area contributed by atoms with Crippen molar-refractivity contribution in [1.29, 1.82) is 0 Å². The molecule has 1 aromatic heterocycles. The third kappa shape index (κ3) is 2.31. The second-order valence-electron chi connectivity index (χ2n) is 4.48. The maximum Gasteiger partial charge on any atom is 0.0793 e. The minimum absolute atomic E-state index is 0.138. The lowest BCUT2D eigenvalue weighted by Gasteiger charge is -2.10. The molecule has 18 heavy (non-hydrogen) atoms. The van der Waals surface area contributed by atoms with Crippen molar-refractivity contribution in [3.05, 3.63) is 41.7 Å². The van der Waals surface area contributed by atoms with Crippen LogP contribution in [0.4, 0.5) is 0 Å². The van der Waals surface area contributed by atoms with Gasteiger partial charge in [-0.3, -0.25) is 4.68 Å². The Balaban J connectivity index is 2.34. The van der Waals surface area contributed by atoms with Crippen LogP contribution in [0.3, 0.4) is 0 Å². The van der Waals surface area contributed by atoms with Crippen LogP contribution in [0.1, 0.15) is 31.2 Å². The van der Waals surface area contributed by atoms with Crippen LogP contribution in [-0.4, -0.2) is 16.9 Å². The third-order valence-corrected chi connectivity index (χ3v) is 3.44. The zero-order chi connectivity index (χ0) is 13.1. The first-order chi connectivity index (χ1) is 8.67. The number of rotatable bonds is 4. The maximum atomic E-state index is 5.31. The number of hydrogen-bond donors (Lipinski definition) is 0. The van der Waals surface area contributed by atoms with Crippen molar-refractivity contribution in [1.82, 2.24) is 9.78 Å². The summed E-state index contributed by atoms with van der Waals surface area (Å²) < 4.78 is 7.26. The fraction of sp³-hybridized carbons (Fsp3) is 0.400. The van der Waals surface area contributed by atoms with Crippen LogP contribution >= 0.6 is 0 Å². The minimum Gasteiger partial charge on any atom is -0.377 e. The summed E-state index contributed by atoms with van der Waals surface area (Å²) in [6.07, 6.45) is 3.06. The lowest BCUT2D eigenvalue weighted by molar-refractivity contribution is 0.119. The Labute approximate surface area is 108 Å². The molecule has 1 aromatic carbocycles. The summed E-state index contributed by atoms with van der Waals surface area (Å²) in [5.74, 6) is 0. The van der Waals surface area contributed by atoms with E-state index in [2.05, 4.69) is 43.2 Å². The van der Waals surface area contributed by atoms with Crippen molar-refractivity contribution < 1.29 is 4.74 Å². The summed E-state index contributed by atoms with van der Waals surface area (Å²) in [5, 5.41) is 4.33. The topological polar surface area (TPSA) is 27.1 Å². The molecule has 3 heteroatoms. The van der Waals surface area contributed by atoms with E-state index < -0.39 is 0 Å². The highest BCUT2D eigenvalue weighted by Crippen LogP contribution is 2.25. The standard InChI is InChI=1S/C15H20N2O/c1-5-15-14(10-16-17(15)3)13-8-6-12(7-9-13)11(2)18-4/h6-11H,5H2,1-4H3. The normalized spacial score (nSPS) is 12.7. The molecule has 0 N–H and O–H groups in total. The molecule has 0 aliphatic carbocycles. The van der Waals surface area contributed by atoms with Crippen molar-refractivity contribution in [2.24, 2.45) is 7.05 Å². The summed E-state index contributed by atoms with van der Waals surface area (Å²) in [6, 6.07) is 8.52. The third-order valence-electron chi connectivity index (χ3n) is 3.44. The first-order valence-corrected chi connectivity index (χ1v) is 6.31. The Kier molecular flexibility index (Phi) is 3.82. The van der Waals surface area contributed by atoms with E-state index in [1.54, 1.807) is 7.11 Å². The Bertz CT molecular complexity index is 514. The van der Waals surface area contributed by atoms with E-state index in [-0.39, 0.29) is 6.10 Å². The average Bonchev–Trinajstić information content (AvgIpc) is 2.79. The molecular formula is C15H20N2O. The van der Waals surface area contributed by atoms with E-state index in [9.17, 15) is 0 Å². The first-order valence-electron chi connectivity index (χ1n) is 6.31. The Morgan fingerprint density at radius 2 is 1.94 bits per heavy atom. The van der Waals surface area contributed by atoms with Crippen LogP contribution in [0.2, 0.25) is 0 Å². The van der Waals surface area contributed by atoms with Crippen molar-refractivity contribution in [3.8, 4) is 11.1 Å². The predicted octanol–water partition coefficient (Wildman–Crippen LogP) is 3.36. The number of hydrogen-bond acceptors (Lipinski definition) is 2. The molecular weight excluding hydrogens is 224 g/mol. The molecule has 0 aliphatic heterocycles. The van der Waals surface area contributed by atoms with Crippen molar-refractivity contribution >= 4 is 0 Å². The van der Waals surface area contributed by atoms with Crippen LogP contribution in [0, 0.1) is 0 Å². The molecule has 1 heterocycles. The van der Waals surface area contributed by atoms with Gasteiger partial charge in [-0.25, -0.2) is 0 Å². The number of ether oxygens (including phenoxy) is 1. The monoisotopic (exact) mass is 244 g/mol. The van der Waals surface area contributed by atoms with E-state index in [1.807, 2.05) is 17.9 Å². The SMILES string of the molecule is CCc1c(-c2ccc(C(C)OC)cc2)cnn1C. The van der Waals surface area contributed by atoms with E-state index >= 15 is 0 Å². The number of methoxy groups -OCH3 is 1. The molecule has 2 aromatic rings. The van der Waals surface area contributed by atoms with Crippen molar-refractivity contribution in [2.75, 3.05) is 7.11 Å². The van der Waals surface area contributed by atoms with Gasteiger partial charge in [0.15, 0.2) is 0 Å². The van der Waals surface area contributed by atoms with Gasteiger partial charge in [-0.05, 0) is 24.5 Å². The van der Waals surface area contributed by atoms with Gasteiger partial charge in [0.1, 0.15) is 0 Å². The number of aromatic nitrogens is 2. The molecule has 0 fully saturated rings. The van der Waals surface area contributed by atoms with Gasteiger partial charge in [0.25, 0.3) is 0 Å². The lowest BCUT2D eigenvalue weighted by Crippen LogP contribution is -1.97. The number of aryl methyl sites for hydroxylation is 1. The fourth-order valence-electron chi connectivity index (χ4n) is 2.19. The zero-order valence-corrected chi connectivity index (χ0v) is 11.5. The quantitative estimate of drug-likeness (QED) is 0.824. The van der Waals surface area contributed by atoms with Crippen LogP contribution < -0.4 is 0 Å². The molecule has 3 nitrogen and oxygen atoms in total. The highest BCUT2D eigenvalue weighted by molar-refractivity contribution is 5.65. The van der Waals surface area contributed by atoms with Gasteiger partial charge in [0.05, 0.1) is 12.3 Å². The van der Waals surface area contributed by atoms with E-state index in [0.717, 1.165) is 6.42 Å². The Hall–Kier alpha value is -1.61. The van der Waals surface area contributed by atoms with Gasteiger partial charge >= 0.3 is 0 Å². The maximum absolute atomic E-state index is 5.31. The summed E-state index contributed by atoms with van der Waals surface area (Å²) >= 11 is 0. The van der Waals surface area contributed by atoms with Crippen molar-refractivity contribution in [2.45, 2.75) is 26.4 Å². The van der Waals surface area contributed by atoms with Gasteiger partial charge in [0.2, 0.25) is 0 Å². The van der Waals surface area contributed by atoms with Gasteiger partial charge in [0, 0.05) is 25.4 Å². The molecule has 0 saturated carbocycles. The van der Waals surface area contributed by atoms with Crippen LogP contribution in [0.15, 0.2) is 30.5 Å². The molecule has 96 valence electrons. The molecule has 2 rings (SSSR count). The molecule has 1 atom stereocenters. The summed E-state index contributed by atoms with van der Waals surface area (Å²) in [7, 11) is 3.72. The van der Waals surface area contributed by atoms with E-state index in [4.69, 9.17) is 4.74 Å². The summed E-state index contributed by atoms with van der Waals surface area (Å²) in [5.41, 5.74) is 4.90. The first kappa shape index (κ1) is 12.8. The van der Waals surface area contributed by atoms with E-state index in [0.29, 0.717) is 0 Å². The highest BCUT2D eigenvalue weighted by Gasteiger charge is 2.09. The smallest absolute Gasteiger partial charge is 0.0793 e. The highest BCUT2D eigenvalue weighted by atomic mass is 16.5. The fourth-order valence-corrected chi connectivity index (χ4v) is 2.19. The predicted molar refractivity (Wildman–Crippen MR) is 73.4 cm³/mol. The minimum atomic E-state index is 0.138. The summed E-state index contributed by atoms with van der Waals surface area (Å²) in [6.45, 7) is 4.21. The molecule has 0 radical (unpaired) electrons. The molecule has 0 amide bonds. The second-order valence-corrected chi connectivity index (χ2v) is 4.48. The van der Waals surface area contributed by atoms with Crippen LogP contribution in [0.25, 0.3) is 11.1 Å². The molecule has 0 bridgehead atoms. The van der Waals surface area contributed by atoms with Gasteiger partial charge in [-0.15, -0.1) is 0 Å². The lowest BCUT2D eigenvalue weighted by atomic mass is 10.0. The zero-order valence-electron chi connectivity index (χ0n) is 11.5. The van der Waals surface area contributed by atoms with Crippen LogP contribution in [0.5, 0.6) is 0 Å². The van der Waals surface area contributed by atoms with E-state index in [1.165, 1.54) is 22.4 Å². The average molecular weight is 244 g/mol. The Morgan fingerprint density at radius 1 is 1.28 bits per heavy atom. The second kappa shape index (κ2) is 5.36. The molecule has 0 aliphatic rings. The largest absolute Gasteiger partial charge is 0.377 e. The van der Waals surface area contributed by atoms with Gasteiger partial charge < -0.3 is 4.74 Å². The molecule has 0 saturated heterocycles.